The molecule has 156 valence electrons. The lowest BCUT2D eigenvalue weighted by Gasteiger charge is -2.12. The molecule has 3 aromatic carbocycles. The van der Waals surface area contributed by atoms with Crippen LogP contribution >= 0.6 is 0 Å². The molecule has 1 aliphatic rings. The van der Waals surface area contributed by atoms with Gasteiger partial charge in [-0.25, -0.2) is 4.79 Å². The molecular formula is C24H22N4O3. The van der Waals surface area contributed by atoms with E-state index in [-0.39, 0.29) is 18.0 Å². The third kappa shape index (κ3) is 5.08. The Morgan fingerprint density at radius 1 is 0.871 bits per heavy atom. The van der Waals surface area contributed by atoms with Crippen LogP contribution in [0.2, 0.25) is 0 Å². The third-order valence-corrected chi connectivity index (χ3v) is 4.88. The molecule has 0 saturated carbocycles. The van der Waals surface area contributed by atoms with E-state index in [1.54, 1.807) is 24.3 Å². The summed E-state index contributed by atoms with van der Waals surface area (Å²) in [6, 6.07) is 23.8. The molecule has 3 N–H and O–H groups in total. The van der Waals surface area contributed by atoms with Crippen molar-refractivity contribution in [1.82, 2.24) is 0 Å². The summed E-state index contributed by atoms with van der Waals surface area (Å²) >= 11 is 0. The van der Waals surface area contributed by atoms with Gasteiger partial charge in [-0.15, -0.1) is 0 Å². The number of carbonyl (C=O) groups is 2. The van der Waals surface area contributed by atoms with Crippen molar-refractivity contribution in [2.45, 2.75) is 19.4 Å². The summed E-state index contributed by atoms with van der Waals surface area (Å²) in [7, 11) is 0. The number of nitrogens with one attached hydrogen (secondary N) is 3. The van der Waals surface area contributed by atoms with Crippen LogP contribution in [-0.4, -0.2) is 17.6 Å². The summed E-state index contributed by atoms with van der Waals surface area (Å²) in [4.78, 5) is 30.4. The molecule has 4 rings (SSSR count). The van der Waals surface area contributed by atoms with Crippen LogP contribution in [0.25, 0.3) is 0 Å². The van der Waals surface area contributed by atoms with Crippen LogP contribution < -0.4 is 16.0 Å². The van der Waals surface area contributed by atoms with Gasteiger partial charge in [0.2, 0.25) is 0 Å². The lowest BCUT2D eigenvalue weighted by atomic mass is 10.0. The molecule has 0 spiro atoms. The number of para-hydroxylation sites is 1. The normalized spacial score (nSPS) is 14.9. The van der Waals surface area contributed by atoms with E-state index in [0.29, 0.717) is 29.2 Å². The van der Waals surface area contributed by atoms with Gasteiger partial charge in [-0.05, 0) is 42.3 Å². The van der Waals surface area contributed by atoms with E-state index in [0.717, 1.165) is 11.1 Å². The highest BCUT2D eigenvalue weighted by Crippen LogP contribution is 2.28. The summed E-state index contributed by atoms with van der Waals surface area (Å²) in [6.45, 7) is 1.88. The van der Waals surface area contributed by atoms with E-state index in [1.807, 2.05) is 61.5 Å². The lowest BCUT2D eigenvalue weighted by Crippen LogP contribution is -2.23. The molecule has 1 atom stereocenters. The molecule has 0 radical (unpaired) electrons. The first kappa shape index (κ1) is 20.2. The molecule has 7 heteroatoms. The van der Waals surface area contributed by atoms with Gasteiger partial charge in [-0.2, -0.15) is 0 Å². The van der Waals surface area contributed by atoms with Crippen LogP contribution in [0.3, 0.4) is 0 Å². The van der Waals surface area contributed by atoms with E-state index in [1.165, 1.54) is 0 Å². The van der Waals surface area contributed by atoms with E-state index in [4.69, 9.17) is 4.84 Å². The van der Waals surface area contributed by atoms with Gasteiger partial charge in [0.1, 0.15) is 5.71 Å². The standard InChI is InChI=1S/C24H22N4O3/c1-16-12-13-19(26-24(30)25-18-10-6-3-7-11-18)14-20(16)27-23(29)21-15-22(31-28-21)17-8-4-2-5-9-17/h2-14,22H,15H2,1H3,(H,27,29)(H2,25,26,30). The van der Waals surface area contributed by atoms with Crippen LogP contribution in [0.4, 0.5) is 21.9 Å². The van der Waals surface area contributed by atoms with Crippen molar-refractivity contribution in [2.24, 2.45) is 5.16 Å². The topological polar surface area (TPSA) is 91.8 Å². The van der Waals surface area contributed by atoms with Crippen LogP contribution in [0.15, 0.2) is 84.0 Å². The number of nitrogens with zero attached hydrogens (tertiary/aromatic N) is 1. The Kier molecular flexibility index (Phi) is 5.93. The van der Waals surface area contributed by atoms with Gasteiger partial charge >= 0.3 is 6.03 Å². The average molecular weight is 414 g/mol. The number of rotatable bonds is 5. The zero-order valence-corrected chi connectivity index (χ0v) is 17.0. The summed E-state index contributed by atoms with van der Waals surface area (Å²) in [5.74, 6) is -0.326. The largest absolute Gasteiger partial charge is 0.387 e. The van der Waals surface area contributed by atoms with Crippen LogP contribution in [0.1, 0.15) is 23.7 Å². The Morgan fingerprint density at radius 2 is 1.55 bits per heavy atom. The molecule has 31 heavy (non-hydrogen) atoms. The molecule has 0 aliphatic carbocycles. The fourth-order valence-corrected chi connectivity index (χ4v) is 3.20. The van der Waals surface area contributed by atoms with Gasteiger partial charge in [0, 0.05) is 23.5 Å². The van der Waals surface area contributed by atoms with Crippen molar-refractivity contribution in [1.29, 1.82) is 0 Å². The Balaban J connectivity index is 1.38. The van der Waals surface area contributed by atoms with Crippen LogP contribution in [0, 0.1) is 6.92 Å². The zero-order valence-electron chi connectivity index (χ0n) is 17.0. The smallest absolute Gasteiger partial charge is 0.323 e. The molecule has 1 aliphatic heterocycles. The predicted molar refractivity (Wildman–Crippen MR) is 121 cm³/mol. The molecule has 0 aromatic heterocycles. The van der Waals surface area contributed by atoms with E-state index >= 15 is 0 Å². The van der Waals surface area contributed by atoms with E-state index in [9.17, 15) is 9.59 Å². The second-order valence-electron chi connectivity index (χ2n) is 7.18. The number of hydrogen-bond acceptors (Lipinski definition) is 4. The van der Waals surface area contributed by atoms with Gasteiger partial charge in [0.05, 0.1) is 0 Å². The quantitative estimate of drug-likeness (QED) is 0.543. The fourth-order valence-electron chi connectivity index (χ4n) is 3.20. The van der Waals surface area contributed by atoms with Crippen molar-refractivity contribution in [3.05, 3.63) is 90.0 Å². The van der Waals surface area contributed by atoms with Crippen LogP contribution in [-0.2, 0) is 9.63 Å². The first-order valence-corrected chi connectivity index (χ1v) is 9.91. The molecule has 0 bridgehead atoms. The fraction of sp³-hybridized carbons (Fsp3) is 0.125. The zero-order chi connectivity index (χ0) is 21.6. The highest BCUT2D eigenvalue weighted by molar-refractivity contribution is 6.43. The summed E-state index contributed by atoms with van der Waals surface area (Å²) < 4.78 is 0. The second-order valence-corrected chi connectivity index (χ2v) is 7.18. The van der Waals surface area contributed by atoms with Crippen molar-refractivity contribution < 1.29 is 14.4 Å². The average Bonchev–Trinajstić information content (AvgIpc) is 3.28. The maximum absolute atomic E-state index is 12.7. The predicted octanol–water partition coefficient (Wildman–Crippen LogP) is 5.10. The first-order chi connectivity index (χ1) is 15.1. The highest BCUT2D eigenvalue weighted by atomic mass is 16.6. The molecular weight excluding hydrogens is 392 g/mol. The lowest BCUT2D eigenvalue weighted by molar-refractivity contribution is -0.110. The molecule has 1 heterocycles. The molecule has 3 aromatic rings. The number of amides is 3. The minimum absolute atomic E-state index is 0.266. The summed E-state index contributed by atoms with van der Waals surface area (Å²) in [5, 5.41) is 12.4. The first-order valence-electron chi connectivity index (χ1n) is 9.91. The summed E-state index contributed by atoms with van der Waals surface area (Å²) in [5.41, 5.74) is 4.00. The summed E-state index contributed by atoms with van der Waals surface area (Å²) in [6.07, 6.45) is 0.129. The van der Waals surface area contributed by atoms with Gasteiger partial charge in [0.15, 0.2) is 6.10 Å². The maximum Gasteiger partial charge on any atom is 0.323 e. The maximum atomic E-state index is 12.7. The molecule has 0 fully saturated rings. The van der Waals surface area contributed by atoms with Crippen molar-refractivity contribution in [3.8, 4) is 0 Å². The molecule has 0 saturated heterocycles. The molecule has 1 unspecified atom stereocenters. The second kappa shape index (κ2) is 9.13. The number of benzene rings is 3. The third-order valence-electron chi connectivity index (χ3n) is 4.88. The Morgan fingerprint density at radius 3 is 2.29 bits per heavy atom. The van der Waals surface area contributed by atoms with E-state index in [2.05, 4.69) is 21.1 Å². The molecule has 3 amide bonds. The monoisotopic (exact) mass is 414 g/mol. The number of urea groups is 1. The van der Waals surface area contributed by atoms with Crippen molar-refractivity contribution >= 4 is 34.7 Å². The highest BCUT2D eigenvalue weighted by Gasteiger charge is 2.27. The number of hydrogen-bond donors (Lipinski definition) is 3. The number of anilines is 3. The SMILES string of the molecule is Cc1ccc(NC(=O)Nc2ccccc2)cc1NC(=O)C1=NOC(c2ccccc2)C1. The van der Waals surface area contributed by atoms with E-state index < -0.39 is 0 Å². The molecule has 7 nitrogen and oxygen atoms in total. The minimum Gasteiger partial charge on any atom is -0.387 e. The number of carbonyl (C=O) groups excluding carboxylic acids is 2. The Labute approximate surface area is 180 Å². The Bertz CT molecular complexity index is 1110. The van der Waals surface area contributed by atoms with Gasteiger partial charge in [-0.1, -0.05) is 59.8 Å². The van der Waals surface area contributed by atoms with Crippen LogP contribution in [0.5, 0.6) is 0 Å². The van der Waals surface area contributed by atoms with Crippen molar-refractivity contribution in [2.75, 3.05) is 16.0 Å². The minimum atomic E-state index is -0.369. The Hall–Kier alpha value is -4.13. The van der Waals surface area contributed by atoms with Crippen molar-refractivity contribution in [3.63, 3.8) is 0 Å². The van der Waals surface area contributed by atoms with Gasteiger partial charge in [-0.3, -0.25) is 4.79 Å². The number of oxime groups is 1. The van der Waals surface area contributed by atoms with Gasteiger partial charge < -0.3 is 20.8 Å². The van der Waals surface area contributed by atoms with Gasteiger partial charge in [0.25, 0.3) is 5.91 Å². The number of aryl methyl sites for hydroxylation is 1.